The number of hydrogen-bond donors (Lipinski definition) is 0. The van der Waals surface area contributed by atoms with Crippen molar-refractivity contribution >= 4 is 15.9 Å². The van der Waals surface area contributed by atoms with Crippen molar-refractivity contribution in [2.24, 2.45) is 0 Å². The summed E-state index contributed by atoms with van der Waals surface area (Å²) in [6.45, 7) is 0. The van der Waals surface area contributed by atoms with Crippen molar-refractivity contribution in [2.45, 2.75) is 19.3 Å². The van der Waals surface area contributed by atoms with Gasteiger partial charge in [-0.2, -0.15) is 0 Å². The Balaban J connectivity index is 2.32. The van der Waals surface area contributed by atoms with E-state index in [0.29, 0.717) is 0 Å². The van der Waals surface area contributed by atoms with Crippen molar-refractivity contribution in [2.75, 3.05) is 5.33 Å². The minimum Gasteiger partial charge on any atom is -0.0925 e. The van der Waals surface area contributed by atoms with Crippen LogP contribution in [0, 0.1) is 0 Å². The minimum absolute atomic E-state index is 1.10. The Hall–Kier alpha value is -0.0400. The first-order chi connectivity index (χ1) is 4.43. The zero-order chi connectivity index (χ0) is 6.53. The third kappa shape index (κ3) is 2.35. The molecule has 0 aromatic carbocycles. The molecule has 0 unspecified atom stereocenters. The Morgan fingerprint density at radius 2 is 2.33 bits per heavy atom. The van der Waals surface area contributed by atoms with E-state index in [4.69, 9.17) is 0 Å². The van der Waals surface area contributed by atoms with Crippen molar-refractivity contribution in [3.8, 4) is 0 Å². The summed E-state index contributed by atoms with van der Waals surface area (Å²) >= 11 is 3.42. The van der Waals surface area contributed by atoms with Gasteiger partial charge in [0.1, 0.15) is 0 Å². The van der Waals surface area contributed by atoms with Crippen molar-refractivity contribution < 1.29 is 0 Å². The van der Waals surface area contributed by atoms with E-state index < -0.39 is 0 Å². The minimum atomic E-state index is 1.10. The van der Waals surface area contributed by atoms with Crippen molar-refractivity contribution in [3.63, 3.8) is 0 Å². The average molecular weight is 187 g/mol. The van der Waals surface area contributed by atoms with Gasteiger partial charge in [-0.05, 0) is 19.3 Å². The van der Waals surface area contributed by atoms with Gasteiger partial charge in [0, 0.05) is 5.33 Å². The topological polar surface area (TPSA) is 0 Å². The van der Waals surface area contributed by atoms with Crippen LogP contribution in [0.25, 0.3) is 0 Å². The van der Waals surface area contributed by atoms with Crippen LogP contribution in [0.4, 0.5) is 0 Å². The maximum absolute atomic E-state index is 3.42. The lowest BCUT2D eigenvalue weighted by molar-refractivity contribution is 1.00. The molecule has 0 spiro atoms. The molecule has 1 rings (SSSR count). The van der Waals surface area contributed by atoms with Crippen LogP contribution >= 0.6 is 15.9 Å². The van der Waals surface area contributed by atoms with E-state index in [1.54, 1.807) is 5.57 Å². The molecular formula is C8H11Br. The highest BCUT2D eigenvalue weighted by Crippen LogP contribution is 2.14. The third-order valence-electron chi connectivity index (χ3n) is 1.50. The van der Waals surface area contributed by atoms with Crippen molar-refractivity contribution in [1.29, 1.82) is 0 Å². The van der Waals surface area contributed by atoms with Gasteiger partial charge in [-0.25, -0.2) is 0 Å². The second kappa shape index (κ2) is 3.89. The van der Waals surface area contributed by atoms with Crippen LogP contribution in [0.5, 0.6) is 0 Å². The van der Waals surface area contributed by atoms with Gasteiger partial charge in [0.2, 0.25) is 0 Å². The standard InChI is InChI=1S/C8H11Br/c9-7-6-8-4-2-1-3-5-8/h1-2,5H,3-4,6-7H2. The van der Waals surface area contributed by atoms with E-state index >= 15 is 0 Å². The summed E-state index contributed by atoms with van der Waals surface area (Å²) in [5.41, 5.74) is 1.58. The van der Waals surface area contributed by atoms with Gasteiger partial charge >= 0.3 is 0 Å². The zero-order valence-electron chi connectivity index (χ0n) is 5.44. The Bertz CT molecular complexity index is 134. The molecule has 9 heavy (non-hydrogen) atoms. The van der Waals surface area contributed by atoms with E-state index in [1.807, 2.05) is 0 Å². The molecule has 50 valence electrons. The first-order valence-corrected chi connectivity index (χ1v) is 4.44. The molecule has 0 radical (unpaired) electrons. The molecule has 0 aliphatic heterocycles. The zero-order valence-corrected chi connectivity index (χ0v) is 7.02. The summed E-state index contributed by atoms with van der Waals surface area (Å²) in [4.78, 5) is 0. The number of halogens is 1. The van der Waals surface area contributed by atoms with Crippen LogP contribution in [-0.4, -0.2) is 5.33 Å². The Morgan fingerprint density at radius 3 is 2.89 bits per heavy atom. The second-order valence-corrected chi connectivity index (χ2v) is 3.01. The molecule has 0 N–H and O–H groups in total. The fraction of sp³-hybridized carbons (Fsp3) is 0.500. The third-order valence-corrected chi connectivity index (χ3v) is 1.90. The molecule has 0 aromatic heterocycles. The average Bonchev–Trinajstić information content (AvgIpc) is 1.91. The fourth-order valence-corrected chi connectivity index (χ4v) is 1.48. The fourth-order valence-electron chi connectivity index (χ4n) is 0.974. The predicted octanol–water partition coefficient (Wildman–Crippen LogP) is 3.05. The lowest BCUT2D eigenvalue weighted by atomic mass is 10.0. The van der Waals surface area contributed by atoms with E-state index in [1.165, 1.54) is 12.8 Å². The highest BCUT2D eigenvalue weighted by Gasteiger charge is 1.95. The molecule has 0 atom stereocenters. The molecule has 1 aliphatic rings. The van der Waals surface area contributed by atoms with E-state index in [9.17, 15) is 0 Å². The molecule has 0 fully saturated rings. The first kappa shape index (κ1) is 7.07. The highest BCUT2D eigenvalue weighted by atomic mass is 79.9. The largest absolute Gasteiger partial charge is 0.0925 e. The molecule has 0 saturated heterocycles. The molecule has 0 amide bonds. The quantitative estimate of drug-likeness (QED) is 0.460. The van der Waals surface area contributed by atoms with Gasteiger partial charge in [0.15, 0.2) is 0 Å². The Labute approximate surface area is 64.8 Å². The van der Waals surface area contributed by atoms with Gasteiger partial charge in [0.05, 0.1) is 0 Å². The van der Waals surface area contributed by atoms with Gasteiger partial charge in [-0.3, -0.25) is 0 Å². The summed E-state index contributed by atoms with van der Waals surface area (Å²) in [5.74, 6) is 0. The normalized spacial score (nSPS) is 17.7. The summed E-state index contributed by atoms with van der Waals surface area (Å²) in [5, 5.41) is 1.10. The molecule has 0 saturated carbocycles. The predicted molar refractivity (Wildman–Crippen MR) is 44.9 cm³/mol. The molecule has 0 heterocycles. The van der Waals surface area contributed by atoms with Crippen LogP contribution in [-0.2, 0) is 0 Å². The van der Waals surface area contributed by atoms with Crippen molar-refractivity contribution in [1.82, 2.24) is 0 Å². The summed E-state index contributed by atoms with van der Waals surface area (Å²) in [6, 6.07) is 0. The number of allylic oxidation sites excluding steroid dienone is 4. The van der Waals surface area contributed by atoms with Gasteiger partial charge in [-0.1, -0.05) is 39.7 Å². The van der Waals surface area contributed by atoms with Crippen LogP contribution in [0.3, 0.4) is 0 Å². The first-order valence-electron chi connectivity index (χ1n) is 3.32. The number of alkyl halides is 1. The molecule has 1 aliphatic carbocycles. The smallest absolute Gasteiger partial charge is 0.00686 e. The molecule has 1 heteroatoms. The molecule has 0 nitrogen and oxygen atoms in total. The maximum Gasteiger partial charge on any atom is 0.00686 e. The maximum atomic E-state index is 3.42. The van der Waals surface area contributed by atoms with Crippen molar-refractivity contribution in [3.05, 3.63) is 23.8 Å². The van der Waals surface area contributed by atoms with E-state index in [-0.39, 0.29) is 0 Å². The van der Waals surface area contributed by atoms with Gasteiger partial charge in [0.25, 0.3) is 0 Å². The lowest BCUT2D eigenvalue weighted by Crippen LogP contribution is -1.86. The number of hydrogen-bond acceptors (Lipinski definition) is 0. The monoisotopic (exact) mass is 186 g/mol. The molecular weight excluding hydrogens is 176 g/mol. The Kier molecular flexibility index (Phi) is 3.05. The lowest BCUT2D eigenvalue weighted by Gasteiger charge is -2.04. The van der Waals surface area contributed by atoms with Crippen LogP contribution in [0.1, 0.15) is 19.3 Å². The number of rotatable bonds is 2. The van der Waals surface area contributed by atoms with Gasteiger partial charge < -0.3 is 0 Å². The second-order valence-electron chi connectivity index (χ2n) is 2.21. The van der Waals surface area contributed by atoms with E-state index in [0.717, 1.165) is 11.8 Å². The Morgan fingerprint density at radius 1 is 1.44 bits per heavy atom. The summed E-state index contributed by atoms with van der Waals surface area (Å²) < 4.78 is 0. The van der Waals surface area contributed by atoms with Crippen LogP contribution < -0.4 is 0 Å². The SMILES string of the molecule is BrCCC1=CCC=CC1. The van der Waals surface area contributed by atoms with E-state index in [2.05, 4.69) is 34.2 Å². The summed E-state index contributed by atoms with van der Waals surface area (Å²) in [6.07, 6.45) is 10.3. The summed E-state index contributed by atoms with van der Waals surface area (Å²) in [7, 11) is 0. The van der Waals surface area contributed by atoms with Gasteiger partial charge in [-0.15, -0.1) is 0 Å². The highest BCUT2D eigenvalue weighted by molar-refractivity contribution is 9.09. The van der Waals surface area contributed by atoms with Crippen LogP contribution in [0.15, 0.2) is 23.8 Å². The van der Waals surface area contributed by atoms with Crippen LogP contribution in [0.2, 0.25) is 0 Å². The molecule has 0 bridgehead atoms. The molecule has 0 aromatic rings.